The lowest BCUT2D eigenvalue weighted by Gasteiger charge is -2.11. The molecule has 0 aliphatic carbocycles. The third kappa shape index (κ3) is 4.42. The molecule has 0 spiro atoms. The van der Waals surface area contributed by atoms with Crippen LogP contribution in [0.5, 0.6) is 5.75 Å². The minimum absolute atomic E-state index is 0.307. The molecule has 0 bridgehead atoms. The van der Waals surface area contributed by atoms with E-state index >= 15 is 0 Å². The SMILES string of the molecule is O=C1ON=C(c2ccccc2)/C1=C/c1cc(Br)ccc1OCc1ccccc1Cl. The summed E-state index contributed by atoms with van der Waals surface area (Å²) in [6.07, 6.45) is 1.73. The van der Waals surface area contributed by atoms with Gasteiger partial charge in [-0.2, -0.15) is 0 Å². The Balaban J connectivity index is 1.67. The van der Waals surface area contributed by atoms with Crippen LogP contribution in [-0.4, -0.2) is 11.7 Å². The molecule has 4 nitrogen and oxygen atoms in total. The van der Waals surface area contributed by atoms with Gasteiger partial charge in [0.2, 0.25) is 0 Å². The third-order valence-electron chi connectivity index (χ3n) is 4.35. The van der Waals surface area contributed by atoms with E-state index in [1.165, 1.54) is 0 Å². The Morgan fingerprint density at radius 3 is 2.59 bits per heavy atom. The highest BCUT2D eigenvalue weighted by molar-refractivity contribution is 9.10. The molecule has 4 rings (SSSR count). The fourth-order valence-corrected chi connectivity index (χ4v) is 3.47. The quantitative estimate of drug-likeness (QED) is 0.339. The zero-order valence-electron chi connectivity index (χ0n) is 15.1. The van der Waals surface area contributed by atoms with E-state index in [2.05, 4.69) is 21.1 Å². The van der Waals surface area contributed by atoms with Crippen LogP contribution >= 0.6 is 27.5 Å². The van der Waals surface area contributed by atoms with Gasteiger partial charge in [-0.15, -0.1) is 0 Å². The van der Waals surface area contributed by atoms with Gasteiger partial charge in [-0.3, -0.25) is 0 Å². The van der Waals surface area contributed by atoms with Crippen molar-refractivity contribution in [3.05, 3.63) is 105 Å². The van der Waals surface area contributed by atoms with E-state index in [0.29, 0.717) is 28.7 Å². The molecular formula is C23H15BrClNO3. The minimum atomic E-state index is -0.499. The summed E-state index contributed by atoms with van der Waals surface area (Å²) in [5.74, 6) is 0.119. The van der Waals surface area contributed by atoms with Crippen molar-refractivity contribution in [3.8, 4) is 5.75 Å². The molecule has 0 amide bonds. The summed E-state index contributed by atoms with van der Waals surface area (Å²) in [7, 11) is 0. The first-order valence-electron chi connectivity index (χ1n) is 8.84. The van der Waals surface area contributed by atoms with Gasteiger partial charge in [-0.25, -0.2) is 4.79 Å². The Labute approximate surface area is 181 Å². The predicted octanol–water partition coefficient (Wildman–Crippen LogP) is 6.03. The highest BCUT2D eigenvalue weighted by Crippen LogP contribution is 2.29. The second-order valence-corrected chi connectivity index (χ2v) is 7.63. The molecule has 0 radical (unpaired) electrons. The Bertz CT molecular complexity index is 1130. The number of benzene rings is 3. The Hall–Kier alpha value is -2.89. The van der Waals surface area contributed by atoms with E-state index in [1.807, 2.05) is 72.8 Å². The summed E-state index contributed by atoms with van der Waals surface area (Å²) in [6.45, 7) is 0.307. The van der Waals surface area contributed by atoms with E-state index in [-0.39, 0.29) is 0 Å². The lowest BCUT2D eigenvalue weighted by molar-refractivity contribution is -0.136. The average molecular weight is 469 g/mol. The van der Waals surface area contributed by atoms with E-state index in [0.717, 1.165) is 21.2 Å². The molecule has 0 N–H and O–H groups in total. The van der Waals surface area contributed by atoms with Crippen molar-refractivity contribution in [2.75, 3.05) is 0 Å². The molecule has 0 saturated carbocycles. The van der Waals surface area contributed by atoms with Crippen LogP contribution in [0.4, 0.5) is 0 Å². The van der Waals surface area contributed by atoms with E-state index in [9.17, 15) is 4.79 Å². The zero-order valence-corrected chi connectivity index (χ0v) is 17.5. The van der Waals surface area contributed by atoms with Gasteiger partial charge >= 0.3 is 5.97 Å². The van der Waals surface area contributed by atoms with Gasteiger partial charge in [-0.1, -0.05) is 81.2 Å². The maximum Gasteiger partial charge on any atom is 0.368 e. The van der Waals surface area contributed by atoms with Crippen LogP contribution in [0.25, 0.3) is 6.08 Å². The van der Waals surface area contributed by atoms with Crippen LogP contribution in [0, 0.1) is 0 Å². The number of nitrogens with zero attached hydrogens (tertiary/aromatic N) is 1. The smallest absolute Gasteiger partial charge is 0.368 e. The fraction of sp³-hybridized carbons (Fsp3) is 0.0435. The molecule has 1 aliphatic heterocycles. The lowest BCUT2D eigenvalue weighted by atomic mass is 10.0. The summed E-state index contributed by atoms with van der Waals surface area (Å²) in [4.78, 5) is 17.2. The lowest BCUT2D eigenvalue weighted by Crippen LogP contribution is -2.07. The van der Waals surface area contributed by atoms with E-state index in [1.54, 1.807) is 6.08 Å². The molecule has 0 unspecified atom stereocenters. The molecule has 0 fully saturated rings. The Morgan fingerprint density at radius 2 is 1.79 bits per heavy atom. The molecule has 0 saturated heterocycles. The number of hydrogen-bond donors (Lipinski definition) is 0. The maximum absolute atomic E-state index is 12.3. The molecule has 29 heavy (non-hydrogen) atoms. The minimum Gasteiger partial charge on any atom is -0.488 e. The molecule has 6 heteroatoms. The highest BCUT2D eigenvalue weighted by Gasteiger charge is 2.27. The number of hydrogen-bond acceptors (Lipinski definition) is 4. The number of halogens is 2. The van der Waals surface area contributed by atoms with Crippen molar-refractivity contribution in [3.63, 3.8) is 0 Å². The van der Waals surface area contributed by atoms with Crippen molar-refractivity contribution >= 4 is 45.3 Å². The highest BCUT2D eigenvalue weighted by atomic mass is 79.9. The second-order valence-electron chi connectivity index (χ2n) is 6.30. The molecule has 1 heterocycles. The summed E-state index contributed by atoms with van der Waals surface area (Å²) in [5.41, 5.74) is 3.27. The topological polar surface area (TPSA) is 47.9 Å². The molecule has 0 atom stereocenters. The standard InChI is InChI=1S/C23H15BrClNO3/c24-18-10-11-21(28-14-16-8-4-5-9-20(16)25)17(12-18)13-19-22(26-29-23(19)27)15-6-2-1-3-7-15/h1-13H,14H2/b19-13-. The van der Waals surface area contributed by atoms with Gasteiger partial charge in [0.1, 0.15) is 18.1 Å². The molecule has 144 valence electrons. The molecular weight excluding hydrogens is 454 g/mol. The first-order chi connectivity index (χ1) is 14.1. The number of oxime groups is 1. The van der Waals surface area contributed by atoms with E-state index < -0.39 is 5.97 Å². The van der Waals surface area contributed by atoms with Crippen LogP contribution in [-0.2, 0) is 16.2 Å². The van der Waals surface area contributed by atoms with Gasteiger partial charge in [0.25, 0.3) is 0 Å². The van der Waals surface area contributed by atoms with E-state index in [4.69, 9.17) is 21.2 Å². The zero-order chi connectivity index (χ0) is 20.2. The van der Waals surface area contributed by atoms with Gasteiger partial charge in [0.15, 0.2) is 0 Å². The van der Waals surface area contributed by atoms with Gasteiger partial charge in [0.05, 0.1) is 5.57 Å². The van der Waals surface area contributed by atoms with Crippen molar-refractivity contribution in [1.82, 2.24) is 0 Å². The predicted molar refractivity (Wildman–Crippen MR) is 117 cm³/mol. The summed E-state index contributed by atoms with van der Waals surface area (Å²) in [6, 6.07) is 22.5. The number of rotatable bonds is 5. The van der Waals surface area contributed by atoms with Crippen LogP contribution in [0.15, 0.2) is 88.0 Å². The second kappa shape index (κ2) is 8.64. The van der Waals surface area contributed by atoms with Gasteiger partial charge < -0.3 is 9.57 Å². The van der Waals surface area contributed by atoms with Crippen molar-refractivity contribution in [2.24, 2.45) is 5.16 Å². The first kappa shape index (κ1) is 19.4. The third-order valence-corrected chi connectivity index (χ3v) is 5.22. The van der Waals surface area contributed by atoms with Gasteiger partial charge in [-0.05, 0) is 30.3 Å². The number of carbonyl (C=O) groups is 1. The van der Waals surface area contributed by atoms with Crippen LogP contribution in [0.3, 0.4) is 0 Å². The van der Waals surface area contributed by atoms with Crippen molar-refractivity contribution < 1.29 is 14.4 Å². The normalized spacial score (nSPS) is 14.6. The van der Waals surface area contributed by atoms with Crippen LogP contribution in [0.1, 0.15) is 16.7 Å². The maximum atomic E-state index is 12.3. The Kier molecular flexibility index (Phi) is 5.79. The molecule has 1 aliphatic rings. The monoisotopic (exact) mass is 467 g/mol. The van der Waals surface area contributed by atoms with Crippen LogP contribution in [0.2, 0.25) is 5.02 Å². The average Bonchev–Trinajstić information content (AvgIpc) is 3.09. The first-order valence-corrected chi connectivity index (χ1v) is 10.0. The fourth-order valence-electron chi connectivity index (χ4n) is 2.90. The number of ether oxygens (including phenoxy) is 1. The molecule has 0 aromatic heterocycles. The molecule has 3 aromatic rings. The summed E-state index contributed by atoms with van der Waals surface area (Å²) < 4.78 is 6.86. The largest absolute Gasteiger partial charge is 0.488 e. The van der Waals surface area contributed by atoms with Crippen molar-refractivity contribution in [2.45, 2.75) is 6.61 Å². The molecule has 3 aromatic carbocycles. The summed E-state index contributed by atoms with van der Waals surface area (Å²) >= 11 is 9.70. The summed E-state index contributed by atoms with van der Waals surface area (Å²) in [5, 5.41) is 4.59. The van der Waals surface area contributed by atoms with Crippen molar-refractivity contribution in [1.29, 1.82) is 0 Å². The Morgan fingerprint density at radius 1 is 1.03 bits per heavy atom. The van der Waals surface area contributed by atoms with Crippen LogP contribution < -0.4 is 4.74 Å². The number of carbonyl (C=O) groups excluding carboxylic acids is 1. The van der Waals surface area contributed by atoms with Gasteiger partial charge in [0, 0.05) is 26.2 Å².